The molecule has 0 heterocycles. The number of hydrogen-bond acceptors (Lipinski definition) is 3. The zero-order chi connectivity index (χ0) is 13.7. The summed E-state index contributed by atoms with van der Waals surface area (Å²) in [5, 5.41) is 0. The van der Waals surface area contributed by atoms with Gasteiger partial charge >= 0.3 is 5.97 Å². The molecule has 1 fully saturated rings. The fourth-order valence-electron chi connectivity index (χ4n) is 2.78. The third-order valence-electron chi connectivity index (χ3n) is 3.81. The molecule has 1 aromatic carbocycles. The molecule has 1 aliphatic carbocycles. The van der Waals surface area contributed by atoms with Crippen LogP contribution in [0.25, 0.3) is 0 Å². The Bertz CT molecular complexity index is 452. The van der Waals surface area contributed by atoms with E-state index < -0.39 is 5.41 Å². The molecule has 1 atom stereocenters. The molecule has 1 aliphatic rings. The topological polar surface area (TPSA) is 43.4 Å². The van der Waals surface area contributed by atoms with Crippen molar-refractivity contribution in [2.75, 3.05) is 6.61 Å². The number of benzene rings is 1. The lowest BCUT2D eigenvalue weighted by Gasteiger charge is -2.33. The van der Waals surface area contributed by atoms with E-state index in [1.165, 1.54) is 0 Å². The van der Waals surface area contributed by atoms with E-state index >= 15 is 0 Å². The van der Waals surface area contributed by atoms with Crippen molar-refractivity contribution in [1.82, 2.24) is 0 Å². The third kappa shape index (κ3) is 2.86. The van der Waals surface area contributed by atoms with Crippen LogP contribution in [0.15, 0.2) is 30.3 Å². The van der Waals surface area contributed by atoms with Gasteiger partial charge in [-0.2, -0.15) is 0 Å². The molecule has 0 saturated heterocycles. The monoisotopic (exact) mass is 260 g/mol. The van der Waals surface area contributed by atoms with Gasteiger partial charge in [-0.3, -0.25) is 9.59 Å². The van der Waals surface area contributed by atoms with E-state index in [1.54, 1.807) is 6.92 Å². The van der Waals surface area contributed by atoms with Crippen molar-refractivity contribution in [3.63, 3.8) is 0 Å². The number of ketones is 1. The largest absolute Gasteiger partial charge is 0.465 e. The summed E-state index contributed by atoms with van der Waals surface area (Å²) >= 11 is 0. The van der Waals surface area contributed by atoms with Gasteiger partial charge in [0.25, 0.3) is 0 Å². The van der Waals surface area contributed by atoms with Crippen molar-refractivity contribution in [3.8, 4) is 0 Å². The van der Waals surface area contributed by atoms with Gasteiger partial charge in [0.1, 0.15) is 5.41 Å². The fourth-order valence-corrected chi connectivity index (χ4v) is 2.78. The van der Waals surface area contributed by atoms with E-state index in [4.69, 9.17) is 4.74 Å². The van der Waals surface area contributed by atoms with Crippen molar-refractivity contribution in [2.45, 2.75) is 39.0 Å². The highest BCUT2D eigenvalue weighted by Crippen LogP contribution is 2.37. The van der Waals surface area contributed by atoms with Gasteiger partial charge in [0, 0.05) is 6.42 Å². The second-order valence-corrected chi connectivity index (χ2v) is 5.10. The van der Waals surface area contributed by atoms with Crippen molar-refractivity contribution in [3.05, 3.63) is 35.9 Å². The summed E-state index contributed by atoms with van der Waals surface area (Å²) in [5.74, 6) is -0.301. The molecule has 1 saturated carbocycles. The van der Waals surface area contributed by atoms with Crippen molar-refractivity contribution in [1.29, 1.82) is 0 Å². The highest BCUT2D eigenvalue weighted by atomic mass is 16.5. The first-order chi connectivity index (χ1) is 9.19. The highest BCUT2D eigenvalue weighted by molar-refractivity contribution is 6.04. The van der Waals surface area contributed by atoms with Crippen LogP contribution in [0.3, 0.4) is 0 Å². The Kier molecular flexibility index (Phi) is 4.35. The Morgan fingerprint density at radius 1 is 1.26 bits per heavy atom. The maximum atomic E-state index is 12.3. The number of Topliss-reactive ketones (excluding diaryl/α,β-unsaturated/α-hetero) is 1. The Labute approximate surface area is 114 Å². The van der Waals surface area contributed by atoms with Crippen LogP contribution in [0.4, 0.5) is 0 Å². The predicted molar refractivity (Wildman–Crippen MR) is 72.7 cm³/mol. The molecule has 0 radical (unpaired) electrons. The number of esters is 1. The summed E-state index contributed by atoms with van der Waals surface area (Å²) in [4.78, 5) is 24.6. The first kappa shape index (κ1) is 13.8. The van der Waals surface area contributed by atoms with Gasteiger partial charge in [0.15, 0.2) is 5.78 Å². The summed E-state index contributed by atoms with van der Waals surface area (Å²) in [6.45, 7) is 2.10. The quantitative estimate of drug-likeness (QED) is 0.617. The van der Waals surface area contributed by atoms with Gasteiger partial charge in [-0.1, -0.05) is 36.8 Å². The maximum absolute atomic E-state index is 12.3. The van der Waals surface area contributed by atoms with E-state index in [-0.39, 0.29) is 11.8 Å². The molecule has 0 spiro atoms. The Balaban J connectivity index is 2.28. The standard InChI is InChI=1S/C16H20O3/c1-2-19-15(18)16(11-7-6-10-14(16)17)12-13-8-4-3-5-9-13/h3-5,8-9H,2,6-7,10-12H2,1H3. The lowest BCUT2D eigenvalue weighted by molar-refractivity contribution is -0.162. The Morgan fingerprint density at radius 3 is 2.63 bits per heavy atom. The highest BCUT2D eigenvalue weighted by Gasteiger charge is 2.47. The van der Waals surface area contributed by atoms with Crippen molar-refractivity contribution >= 4 is 11.8 Å². The summed E-state index contributed by atoms with van der Waals surface area (Å²) in [5.41, 5.74) is 0.0705. The second kappa shape index (κ2) is 6.00. The van der Waals surface area contributed by atoms with Crippen molar-refractivity contribution < 1.29 is 14.3 Å². The second-order valence-electron chi connectivity index (χ2n) is 5.10. The average molecular weight is 260 g/mol. The molecule has 0 aromatic heterocycles. The summed E-state index contributed by atoms with van der Waals surface area (Å²) in [6, 6.07) is 9.72. The van der Waals surface area contributed by atoms with E-state index in [9.17, 15) is 9.59 Å². The van der Waals surface area contributed by atoms with Gasteiger partial charge in [-0.05, 0) is 31.7 Å². The minimum Gasteiger partial charge on any atom is -0.465 e. The number of ether oxygens (including phenoxy) is 1. The molecule has 1 unspecified atom stereocenters. The maximum Gasteiger partial charge on any atom is 0.319 e. The van der Waals surface area contributed by atoms with E-state index in [0.29, 0.717) is 25.9 Å². The first-order valence-corrected chi connectivity index (χ1v) is 6.93. The third-order valence-corrected chi connectivity index (χ3v) is 3.81. The van der Waals surface area contributed by atoms with Crippen LogP contribution >= 0.6 is 0 Å². The number of carbonyl (C=O) groups excluding carboxylic acids is 2. The first-order valence-electron chi connectivity index (χ1n) is 6.93. The van der Waals surface area contributed by atoms with Crippen LogP contribution < -0.4 is 0 Å². The van der Waals surface area contributed by atoms with Gasteiger partial charge < -0.3 is 4.74 Å². The van der Waals surface area contributed by atoms with Crippen LogP contribution in [0.5, 0.6) is 0 Å². The number of carbonyl (C=O) groups is 2. The molecular weight excluding hydrogens is 240 g/mol. The van der Waals surface area contributed by atoms with Gasteiger partial charge in [0.05, 0.1) is 6.61 Å². The molecule has 0 N–H and O–H groups in total. The van der Waals surface area contributed by atoms with Crippen LogP contribution in [0.2, 0.25) is 0 Å². The predicted octanol–water partition coefficient (Wildman–Crippen LogP) is 2.92. The number of rotatable bonds is 4. The Hall–Kier alpha value is -1.64. The molecule has 0 aliphatic heterocycles. The van der Waals surface area contributed by atoms with Gasteiger partial charge in [-0.25, -0.2) is 0 Å². The molecule has 3 heteroatoms. The molecule has 19 heavy (non-hydrogen) atoms. The van der Waals surface area contributed by atoms with Crippen molar-refractivity contribution in [2.24, 2.45) is 5.41 Å². The summed E-state index contributed by atoms with van der Waals surface area (Å²) < 4.78 is 5.17. The molecule has 1 aromatic rings. The van der Waals surface area contributed by atoms with Crippen LogP contribution in [0, 0.1) is 5.41 Å². The molecule has 102 valence electrons. The zero-order valence-corrected chi connectivity index (χ0v) is 11.4. The molecule has 0 amide bonds. The fraction of sp³-hybridized carbons (Fsp3) is 0.500. The Morgan fingerprint density at radius 2 is 2.00 bits per heavy atom. The molecule has 2 rings (SSSR count). The van der Waals surface area contributed by atoms with E-state index in [0.717, 1.165) is 18.4 Å². The minimum absolute atomic E-state index is 0.0426. The average Bonchev–Trinajstić information content (AvgIpc) is 2.43. The minimum atomic E-state index is -0.949. The van der Waals surface area contributed by atoms with Crippen LogP contribution in [-0.4, -0.2) is 18.4 Å². The summed E-state index contributed by atoms with van der Waals surface area (Å²) in [6.07, 6.45) is 3.36. The lowest BCUT2D eigenvalue weighted by Crippen LogP contribution is -2.44. The van der Waals surface area contributed by atoms with Gasteiger partial charge in [-0.15, -0.1) is 0 Å². The molecule has 0 bridgehead atoms. The van der Waals surface area contributed by atoms with Crippen LogP contribution in [0.1, 0.15) is 38.2 Å². The smallest absolute Gasteiger partial charge is 0.319 e. The van der Waals surface area contributed by atoms with E-state index in [1.807, 2.05) is 30.3 Å². The SMILES string of the molecule is CCOC(=O)C1(Cc2ccccc2)CCCCC1=O. The lowest BCUT2D eigenvalue weighted by atomic mass is 9.69. The van der Waals surface area contributed by atoms with Gasteiger partial charge in [0.2, 0.25) is 0 Å². The molecular formula is C16H20O3. The van der Waals surface area contributed by atoms with E-state index in [2.05, 4.69) is 0 Å². The number of hydrogen-bond donors (Lipinski definition) is 0. The van der Waals surface area contributed by atoms with Crippen LogP contribution in [-0.2, 0) is 20.7 Å². The summed E-state index contributed by atoms with van der Waals surface area (Å²) in [7, 11) is 0. The normalized spacial score (nSPS) is 23.1. The zero-order valence-electron chi connectivity index (χ0n) is 11.4. The molecule has 3 nitrogen and oxygen atoms in total.